The van der Waals surface area contributed by atoms with Gasteiger partial charge in [0.05, 0.1) is 8.80 Å². The summed E-state index contributed by atoms with van der Waals surface area (Å²) >= 11 is 1.80. The molecule has 0 aromatic heterocycles. The van der Waals surface area contributed by atoms with E-state index in [2.05, 4.69) is 25.2 Å². The van der Waals surface area contributed by atoms with Crippen LogP contribution in [0.2, 0.25) is 13.1 Å². The van der Waals surface area contributed by atoms with Crippen molar-refractivity contribution in [2.24, 2.45) is 0 Å². The van der Waals surface area contributed by atoms with E-state index in [0.717, 1.165) is 5.56 Å². The monoisotopic (exact) mass is 301 g/mol. The lowest BCUT2D eigenvalue weighted by Gasteiger charge is -2.22. The summed E-state index contributed by atoms with van der Waals surface area (Å²) in [6.45, 7) is 4.51. The predicted molar refractivity (Wildman–Crippen MR) is 88.8 cm³/mol. The maximum atomic E-state index is 9.56. The minimum absolute atomic E-state index is 0.292. The van der Waals surface area contributed by atoms with Crippen molar-refractivity contribution >= 4 is 33.1 Å². The first-order valence-electron chi connectivity index (χ1n) is 6.56. The highest BCUT2D eigenvalue weighted by molar-refractivity contribution is 8.01. The fraction of sp³-hybridized carbons (Fsp3) is 0.200. The Labute approximate surface area is 126 Å². The van der Waals surface area contributed by atoms with Crippen molar-refractivity contribution in [3.63, 3.8) is 0 Å². The van der Waals surface area contributed by atoms with E-state index in [1.165, 1.54) is 4.90 Å². The molecule has 1 atom stereocenters. The number of hydrogen-bond donors (Lipinski definition) is 2. The largest absolute Gasteiger partial charge is 0.488 e. The fourth-order valence-electron chi connectivity index (χ4n) is 2.11. The second kappa shape index (κ2) is 7.13. The van der Waals surface area contributed by atoms with Gasteiger partial charge >= 0.3 is 7.12 Å². The van der Waals surface area contributed by atoms with Crippen LogP contribution in [0.3, 0.4) is 0 Å². The number of thioether (sulfide) groups is 1. The van der Waals surface area contributed by atoms with Crippen LogP contribution < -0.4 is 5.46 Å². The number of benzene rings is 2. The maximum Gasteiger partial charge on any atom is 0.488 e. The van der Waals surface area contributed by atoms with Crippen LogP contribution in [0.1, 0.15) is 10.4 Å². The quantitative estimate of drug-likeness (QED) is 0.658. The average molecular weight is 301 g/mol. The van der Waals surface area contributed by atoms with Gasteiger partial charge in [0.1, 0.15) is 0 Å². The smallest absolute Gasteiger partial charge is 0.423 e. The molecular weight excluding hydrogens is 283 g/mol. The molecule has 1 unspecified atom stereocenters. The number of rotatable bonds is 5. The van der Waals surface area contributed by atoms with Gasteiger partial charge in [0.15, 0.2) is 0 Å². The van der Waals surface area contributed by atoms with Gasteiger partial charge in [-0.15, -0.1) is 11.8 Å². The highest BCUT2D eigenvalue weighted by Crippen LogP contribution is 2.36. The van der Waals surface area contributed by atoms with Crippen molar-refractivity contribution in [2.45, 2.75) is 22.9 Å². The van der Waals surface area contributed by atoms with Crippen molar-refractivity contribution < 1.29 is 10.0 Å². The SMILES string of the molecule is C[Si](C)C(Sc1ccccc1)c1ccccc1B(O)O. The zero-order chi connectivity index (χ0) is 14.5. The van der Waals surface area contributed by atoms with Crippen LogP contribution in [0.25, 0.3) is 0 Å². The number of hydrogen-bond acceptors (Lipinski definition) is 3. The lowest BCUT2D eigenvalue weighted by atomic mass is 9.77. The third-order valence-corrected chi connectivity index (χ3v) is 7.24. The molecule has 5 heteroatoms. The van der Waals surface area contributed by atoms with E-state index >= 15 is 0 Å². The Balaban J connectivity index is 2.34. The molecular formula is C15H18BO2SSi. The molecule has 20 heavy (non-hydrogen) atoms. The van der Waals surface area contributed by atoms with Crippen molar-refractivity contribution in [2.75, 3.05) is 0 Å². The predicted octanol–water partition coefficient (Wildman–Crippen LogP) is 2.49. The second-order valence-electron chi connectivity index (χ2n) is 4.89. The molecule has 0 heterocycles. The van der Waals surface area contributed by atoms with Crippen LogP contribution in [0.5, 0.6) is 0 Å². The van der Waals surface area contributed by atoms with Crippen LogP contribution in [-0.4, -0.2) is 26.0 Å². The standard InChI is InChI=1S/C15H18BO2SSi/c1-20(2)15(19-12-8-4-3-5-9-12)13-10-6-7-11-14(13)16(17)18/h3-11,15,17-18H,1-2H3. The lowest BCUT2D eigenvalue weighted by molar-refractivity contribution is 0.425. The molecule has 0 spiro atoms. The van der Waals surface area contributed by atoms with E-state index in [1.54, 1.807) is 17.8 Å². The fourth-order valence-corrected chi connectivity index (χ4v) is 5.28. The molecule has 0 saturated heterocycles. The lowest BCUT2D eigenvalue weighted by Crippen LogP contribution is -2.35. The normalized spacial score (nSPS) is 12.4. The van der Waals surface area contributed by atoms with E-state index in [1.807, 2.05) is 36.4 Å². The van der Waals surface area contributed by atoms with Crippen molar-refractivity contribution in [1.82, 2.24) is 0 Å². The van der Waals surface area contributed by atoms with E-state index in [9.17, 15) is 10.0 Å². The molecule has 0 aliphatic carbocycles. The zero-order valence-electron chi connectivity index (χ0n) is 11.7. The van der Waals surface area contributed by atoms with Gasteiger partial charge in [-0.3, -0.25) is 0 Å². The van der Waals surface area contributed by atoms with E-state index in [-0.39, 0.29) is 0 Å². The molecule has 0 saturated carbocycles. The summed E-state index contributed by atoms with van der Waals surface area (Å²) in [6, 6.07) is 17.9. The van der Waals surface area contributed by atoms with Gasteiger partial charge in [-0.2, -0.15) is 0 Å². The maximum absolute atomic E-state index is 9.56. The third kappa shape index (κ3) is 3.76. The molecule has 0 amide bonds. The topological polar surface area (TPSA) is 40.5 Å². The molecule has 0 aliphatic rings. The summed E-state index contributed by atoms with van der Waals surface area (Å²) in [5.41, 5.74) is 1.65. The van der Waals surface area contributed by atoms with Crippen LogP contribution in [0.4, 0.5) is 0 Å². The molecule has 0 aliphatic heterocycles. The van der Waals surface area contributed by atoms with E-state index in [0.29, 0.717) is 10.3 Å². The van der Waals surface area contributed by atoms with Gasteiger partial charge in [0, 0.05) is 9.77 Å². The van der Waals surface area contributed by atoms with Gasteiger partial charge in [-0.05, 0) is 23.2 Å². The first-order valence-corrected chi connectivity index (χ1v) is 10.0. The molecule has 0 fully saturated rings. The molecule has 2 N–H and O–H groups in total. The third-order valence-electron chi connectivity index (χ3n) is 3.08. The van der Waals surface area contributed by atoms with Gasteiger partial charge in [0.25, 0.3) is 0 Å². The van der Waals surface area contributed by atoms with Gasteiger partial charge in [0.2, 0.25) is 0 Å². The Bertz CT molecular complexity index is 549. The van der Waals surface area contributed by atoms with E-state index < -0.39 is 15.9 Å². The van der Waals surface area contributed by atoms with Crippen LogP contribution in [-0.2, 0) is 0 Å². The highest BCUT2D eigenvalue weighted by atomic mass is 32.2. The Kier molecular flexibility index (Phi) is 5.48. The molecule has 2 nitrogen and oxygen atoms in total. The summed E-state index contributed by atoms with van der Waals surface area (Å²) in [5, 5.41) is 19.1. The Hall–Kier alpha value is -1.01. The van der Waals surface area contributed by atoms with Crippen LogP contribution >= 0.6 is 11.8 Å². The summed E-state index contributed by atoms with van der Waals surface area (Å²) in [4.78, 5) is 1.51. The van der Waals surface area contributed by atoms with Crippen LogP contribution in [0, 0.1) is 0 Å². The molecule has 1 radical (unpaired) electrons. The second-order valence-corrected chi connectivity index (χ2v) is 9.22. The van der Waals surface area contributed by atoms with E-state index in [4.69, 9.17) is 0 Å². The summed E-state index contributed by atoms with van der Waals surface area (Å²) in [5.74, 6) is 0. The Morgan fingerprint density at radius 3 is 2.15 bits per heavy atom. The summed E-state index contributed by atoms with van der Waals surface area (Å²) in [7, 11) is -2.05. The highest BCUT2D eigenvalue weighted by Gasteiger charge is 2.25. The minimum Gasteiger partial charge on any atom is -0.423 e. The zero-order valence-corrected chi connectivity index (χ0v) is 13.5. The average Bonchev–Trinajstić information content (AvgIpc) is 2.45. The van der Waals surface area contributed by atoms with Crippen LogP contribution in [0.15, 0.2) is 59.5 Å². The van der Waals surface area contributed by atoms with Crippen molar-refractivity contribution in [3.8, 4) is 0 Å². The molecule has 103 valence electrons. The Morgan fingerprint density at radius 1 is 0.950 bits per heavy atom. The molecule has 0 bridgehead atoms. The van der Waals surface area contributed by atoms with Gasteiger partial charge in [-0.1, -0.05) is 55.6 Å². The first-order chi connectivity index (χ1) is 9.59. The summed E-state index contributed by atoms with van der Waals surface area (Å²) < 4.78 is 0. The summed E-state index contributed by atoms with van der Waals surface area (Å²) in [6.07, 6.45) is 0. The molecule has 2 rings (SSSR count). The van der Waals surface area contributed by atoms with Crippen molar-refractivity contribution in [3.05, 3.63) is 60.2 Å². The first kappa shape index (κ1) is 15.4. The molecule has 2 aromatic rings. The molecule has 2 aromatic carbocycles. The Morgan fingerprint density at radius 2 is 1.55 bits per heavy atom. The van der Waals surface area contributed by atoms with Gasteiger partial charge < -0.3 is 10.0 Å². The van der Waals surface area contributed by atoms with Crippen molar-refractivity contribution in [1.29, 1.82) is 0 Å². The minimum atomic E-state index is -1.41. The van der Waals surface area contributed by atoms with Gasteiger partial charge in [-0.25, -0.2) is 0 Å².